The molecule has 136 valence electrons. The first-order chi connectivity index (χ1) is 12.3. The number of aromatic nitrogens is 1. The van der Waals surface area contributed by atoms with Gasteiger partial charge in [-0.3, -0.25) is 0 Å². The van der Waals surface area contributed by atoms with Crippen molar-refractivity contribution in [2.75, 3.05) is 6.61 Å². The number of sulfonamides is 1. The average molecular weight is 411 g/mol. The van der Waals surface area contributed by atoms with E-state index in [1.165, 1.54) is 35.6 Å². The second kappa shape index (κ2) is 7.22. The summed E-state index contributed by atoms with van der Waals surface area (Å²) in [5.41, 5.74) is 1.18. The first kappa shape index (κ1) is 18.6. The smallest absolute Gasteiger partial charge is 0.338 e. The minimum atomic E-state index is -3.87. The minimum absolute atomic E-state index is 0.0616. The summed E-state index contributed by atoms with van der Waals surface area (Å²) >= 11 is 6.98. The van der Waals surface area contributed by atoms with Crippen molar-refractivity contribution in [2.45, 2.75) is 11.8 Å². The van der Waals surface area contributed by atoms with Crippen molar-refractivity contribution in [3.05, 3.63) is 57.9 Å². The van der Waals surface area contributed by atoms with Crippen LogP contribution in [0.5, 0.6) is 0 Å². The maximum atomic E-state index is 12.5. The lowest BCUT2D eigenvalue weighted by molar-refractivity contribution is 0.0526. The number of carbonyl (C=O) groups is 1. The van der Waals surface area contributed by atoms with Gasteiger partial charge in [-0.15, -0.1) is 4.40 Å². The SMILES string of the molecule is CCOC(=O)c1ccc2c(c1)sc(=NS(=O)(=O)c1ccc(Cl)cc1)n2C. The Hall–Kier alpha value is -2.16. The van der Waals surface area contributed by atoms with Crippen molar-refractivity contribution < 1.29 is 17.9 Å². The fraction of sp³-hybridized carbons (Fsp3) is 0.176. The minimum Gasteiger partial charge on any atom is -0.462 e. The van der Waals surface area contributed by atoms with Gasteiger partial charge in [0.1, 0.15) is 0 Å². The van der Waals surface area contributed by atoms with E-state index in [0.717, 1.165) is 10.2 Å². The van der Waals surface area contributed by atoms with Crippen LogP contribution in [0.4, 0.5) is 0 Å². The van der Waals surface area contributed by atoms with Crippen molar-refractivity contribution in [3.63, 3.8) is 0 Å². The lowest BCUT2D eigenvalue weighted by Crippen LogP contribution is -2.13. The fourth-order valence-electron chi connectivity index (χ4n) is 2.33. The van der Waals surface area contributed by atoms with Gasteiger partial charge in [-0.25, -0.2) is 4.79 Å². The Morgan fingerprint density at radius 3 is 2.58 bits per heavy atom. The maximum absolute atomic E-state index is 12.5. The summed E-state index contributed by atoms with van der Waals surface area (Å²) in [6, 6.07) is 10.9. The zero-order valence-corrected chi connectivity index (χ0v) is 16.4. The summed E-state index contributed by atoms with van der Waals surface area (Å²) in [4.78, 5) is 12.2. The molecular formula is C17H15ClN2O4S2. The lowest BCUT2D eigenvalue weighted by Gasteiger charge is -2.01. The molecule has 0 unspecified atom stereocenters. The summed E-state index contributed by atoms with van der Waals surface area (Å²) < 4.78 is 36.4. The van der Waals surface area contributed by atoms with Gasteiger partial charge in [0.05, 0.1) is 27.3 Å². The van der Waals surface area contributed by atoms with Crippen LogP contribution >= 0.6 is 22.9 Å². The Bertz CT molecular complexity index is 1150. The number of nitrogens with zero attached hydrogens (tertiary/aromatic N) is 2. The Morgan fingerprint density at radius 2 is 1.92 bits per heavy atom. The van der Waals surface area contributed by atoms with E-state index in [9.17, 15) is 13.2 Å². The second-order valence-electron chi connectivity index (χ2n) is 5.37. The third kappa shape index (κ3) is 3.67. The van der Waals surface area contributed by atoms with Crippen LogP contribution in [0.2, 0.25) is 5.02 Å². The summed E-state index contributed by atoms with van der Waals surface area (Å²) in [5.74, 6) is -0.419. The van der Waals surface area contributed by atoms with Gasteiger partial charge in [0, 0.05) is 12.1 Å². The van der Waals surface area contributed by atoms with Gasteiger partial charge in [-0.1, -0.05) is 22.9 Å². The van der Waals surface area contributed by atoms with E-state index >= 15 is 0 Å². The number of benzene rings is 2. The Kier molecular flexibility index (Phi) is 5.17. The molecule has 0 aliphatic heterocycles. The highest BCUT2D eigenvalue weighted by molar-refractivity contribution is 7.90. The molecule has 1 heterocycles. The van der Waals surface area contributed by atoms with E-state index in [2.05, 4.69) is 4.40 Å². The van der Waals surface area contributed by atoms with Crippen molar-refractivity contribution in [1.82, 2.24) is 4.57 Å². The number of hydrogen-bond donors (Lipinski definition) is 0. The summed E-state index contributed by atoms with van der Waals surface area (Å²) in [5, 5.41) is 0.447. The van der Waals surface area contributed by atoms with Crippen molar-refractivity contribution >= 4 is 49.1 Å². The zero-order valence-electron chi connectivity index (χ0n) is 14.0. The quantitative estimate of drug-likeness (QED) is 0.618. The summed E-state index contributed by atoms with van der Waals surface area (Å²) in [6.45, 7) is 2.02. The fourth-order valence-corrected chi connectivity index (χ4v) is 4.74. The van der Waals surface area contributed by atoms with E-state index in [1.54, 1.807) is 36.7 Å². The average Bonchev–Trinajstić information content (AvgIpc) is 2.90. The van der Waals surface area contributed by atoms with E-state index in [4.69, 9.17) is 16.3 Å². The van der Waals surface area contributed by atoms with Gasteiger partial charge < -0.3 is 9.30 Å². The lowest BCUT2D eigenvalue weighted by atomic mass is 10.2. The zero-order chi connectivity index (χ0) is 18.9. The molecule has 0 saturated heterocycles. The normalized spacial score (nSPS) is 12.5. The molecule has 2 aromatic carbocycles. The molecule has 0 aliphatic rings. The van der Waals surface area contributed by atoms with Gasteiger partial charge in [-0.2, -0.15) is 8.42 Å². The molecule has 0 saturated carbocycles. The standard InChI is InChI=1S/C17H15ClN2O4S2/c1-3-24-16(21)11-4-9-14-15(10-11)25-17(20(14)2)19-26(22,23)13-7-5-12(18)6-8-13/h4-10H,3H2,1-2H3. The van der Waals surface area contributed by atoms with Crippen molar-refractivity contribution in [3.8, 4) is 0 Å². The molecule has 9 heteroatoms. The van der Waals surface area contributed by atoms with Gasteiger partial charge in [0.15, 0.2) is 0 Å². The Labute approximate surface area is 159 Å². The van der Waals surface area contributed by atoms with Crippen molar-refractivity contribution in [1.29, 1.82) is 0 Å². The first-order valence-corrected chi connectivity index (χ1v) is 10.3. The molecule has 0 spiro atoms. The van der Waals surface area contributed by atoms with Gasteiger partial charge in [0.2, 0.25) is 4.80 Å². The van der Waals surface area contributed by atoms with E-state index < -0.39 is 16.0 Å². The van der Waals surface area contributed by atoms with Crippen LogP contribution in [0.25, 0.3) is 10.2 Å². The molecule has 0 amide bonds. The number of aryl methyl sites for hydroxylation is 1. The van der Waals surface area contributed by atoms with Gasteiger partial charge in [-0.05, 0) is 49.4 Å². The Morgan fingerprint density at radius 1 is 1.23 bits per heavy atom. The molecule has 0 fully saturated rings. The van der Waals surface area contributed by atoms with Crippen LogP contribution in [-0.2, 0) is 21.8 Å². The second-order valence-corrected chi connectivity index (χ2v) is 8.42. The third-order valence-corrected chi connectivity index (χ3v) is 6.37. The molecular weight excluding hydrogens is 396 g/mol. The van der Waals surface area contributed by atoms with E-state index in [-0.39, 0.29) is 11.5 Å². The summed E-state index contributed by atoms with van der Waals surface area (Å²) in [6.07, 6.45) is 0. The largest absolute Gasteiger partial charge is 0.462 e. The predicted molar refractivity (Wildman–Crippen MR) is 101 cm³/mol. The highest BCUT2D eigenvalue weighted by Crippen LogP contribution is 2.20. The van der Waals surface area contributed by atoms with Gasteiger partial charge >= 0.3 is 5.97 Å². The number of carbonyl (C=O) groups excluding carboxylic acids is 1. The number of thiazole rings is 1. The summed E-state index contributed by atoms with van der Waals surface area (Å²) in [7, 11) is -2.15. The Balaban J connectivity index is 2.10. The number of ether oxygens (including phenoxy) is 1. The van der Waals surface area contributed by atoms with Gasteiger partial charge in [0.25, 0.3) is 10.0 Å². The molecule has 3 aromatic rings. The van der Waals surface area contributed by atoms with Crippen molar-refractivity contribution in [2.24, 2.45) is 11.4 Å². The van der Waals surface area contributed by atoms with Crippen LogP contribution in [0.1, 0.15) is 17.3 Å². The van der Waals surface area contributed by atoms with Crippen LogP contribution in [0.3, 0.4) is 0 Å². The number of esters is 1. The maximum Gasteiger partial charge on any atom is 0.338 e. The van der Waals surface area contributed by atoms with E-state index in [1.807, 2.05) is 0 Å². The van der Waals surface area contributed by atoms with Crippen LogP contribution in [0.15, 0.2) is 51.8 Å². The number of hydrogen-bond acceptors (Lipinski definition) is 5. The molecule has 3 rings (SSSR count). The number of halogens is 1. The van der Waals surface area contributed by atoms with Crippen LogP contribution in [0, 0.1) is 0 Å². The highest BCUT2D eigenvalue weighted by atomic mass is 35.5. The van der Waals surface area contributed by atoms with E-state index in [0.29, 0.717) is 15.4 Å². The molecule has 0 atom stereocenters. The molecule has 0 bridgehead atoms. The monoisotopic (exact) mass is 410 g/mol. The van der Waals surface area contributed by atoms with Crippen LogP contribution in [-0.4, -0.2) is 25.6 Å². The number of fused-ring (bicyclic) bond motifs is 1. The topological polar surface area (TPSA) is 77.7 Å². The molecule has 1 aromatic heterocycles. The number of rotatable bonds is 4. The molecule has 0 radical (unpaired) electrons. The molecule has 0 aliphatic carbocycles. The highest BCUT2D eigenvalue weighted by Gasteiger charge is 2.15. The molecule has 6 nitrogen and oxygen atoms in total. The molecule has 0 N–H and O–H groups in total. The molecule has 26 heavy (non-hydrogen) atoms. The predicted octanol–water partition coefficient (Wildman–Crippen LogP) is 3.36. The van der Waals surface area contributed by atoms with Crippen LogP contribution < -0.4 is 4.80 Å². The third-order valence-electron chi connectivity index (χ3n) is 3.63. The first-order valence-electron chi connectivity index (χ1n) is 7.65.